The Morgan fingerprint density at radius 1 is 0.549 bits per heavy atom. The quantitative estimate of drug-likeness (QED) is 0.00732. The van der Waals surface area contributed by atoms with Gasteiger partial charge in [0.1, 0.15) is 69.7 Å². The Kier molecular flexibility index (Phi) is 30.1. The van der Waals surface area contributed by atoms with Gasteiger partial charge >= 0.3 is 35.5 Å². The number of H-pyrrole nitrogens is 2. The van der Waals surface area contributed by atoms with Gasteiger partial charge in [0.15, 0.2) is 12.5 Å². The first-order valence-corrected chi connectivity index (χ1v) is 39.1. The molecule has 2 aromatic heterocycles. The first kappa shape index (κ1) is 92.3. The number of hydrogen-bond acceptors (Lipinski definition) is 21. The van der Waals surface area contributed by atoms with Crippen LogP contribution in [0, 0.1) is 35.0 Å². The van der Waals surface area contributed by atoms with Crippen molar-refractivity contribution >= 4 is 32.2 Å². The fraction of sp³-hybridized carbons (Fsp3) is 0.384. The van der Waals surface area contributed by atoms with Crippen LogP contribution in [0.1, 0.15) is 111 Å². The van der Waals surface area contributed by atoms with E-state index in [9.17, 15) is 75.1 Å². The van der Waals surface area contributed by atoms with Crippen LogP contribution in [0.5, 0.6) is 23.0 Å². The highest BCUT2D eigenvalue weighted by atomic mass is 31.2. The van der Waals surface area contributed by atoms with Crippen LogP contribution in [0.25, 0.3) is 0 Å². The second kappa shape index (κ2) is 39.7. The van der Waals surface area contributed by atoms with E-state index in [1.165, 1.54) is 16.8 Å². The van der Waals surface area contributed by atoms with E-state index in [0.29, 0.717) is 23.0 Å². The van der Waals surface area contributed by atoms with Crippen molar-refractivity contribution < 1.29 is 97.6 Å². The van der Waals surface area contributed by atoms with Crippen molar-refractivity contribution in [3.8, 4) is 52.7 Å². The summed E-state index contributed by atoms with van der Waals surface area (Å²) in [5, 5.41) is 28.7. The average molecular weight is 1710 g/mol. The van der Waals surface area contributed by atoms with E-state index in [2.05, 4.69) is 55.0 Å². The molecule has 0 aliphatic carbocycles. The summed E-state index contributed by atoms with van der Waals surface area (Å²) in [6.45, 7) is 5.36. The normalized spacial score (nSPS) is 19.7. The predicted molar refractivity (Wildman–Crippen MR) is 432 cm³/mol. The maximum Gasteiger partial charge on any atom is 0.471 e. The highest BCUT2D eigenvalue weighted by molar-refractivity contribution is 7.44. The summed E-state index contributed by atoms with van der Waals surface area (Å²) in [6, 6.07) is 52.1. The van der Waals surface area contributed by atoms with Crippen molar-refractivity contribution in [2.24, 2.45) is 0 Å². The Balaban J connectivity index is 0.000000259. The van der Waals surface area contributed by atoms with Crippen molar-refractivity contribution in [2.75, 3.05) is 74.4 Å². The SMILES string of the molecule is C.COc1ccc(C(C[C@@]23COC([C@H](n4cc(C#CCNC(=O)CNC(=O)C(F)(F)F)c(=O)[nH]c4=O)O2)[C@H]3O)(c2ccccc2)c2ccc(OC)cc2)cc1.COc1ccc(C(C[C@@]23COC([C@H](n4cc(C#CCNC(=O)CNC(=O)C(F)(F)F)c(=O)[nH]c4=O)O2)[C@H]3OP(OCCC#N)N(C(C)C)C(C)C)(c2ccccc2)c2ccc(OC)cc2)cc1. The van der Waals surface area contributed by atoms with E-state index in [0.717, 1.165) is 48.7 Å². The third-order valence-corrected chi connectivity index (χ3v) is 23.0. The number of carbonyl (C=O) groups is 4. The van der Waals surface area contributed by atoms with Gasteiger partial charge in [0.25, 0.3) is 19.6 Å². The van der Waals surface area contributed by atoms with Gasteiger partial charge in [0, 0.05) is 35.3 Å². The molecule has 9 atom stereocenters. The number of aromatic amines is 2. The number of nitrogens with zero attached hydrogens (tertiary/aromatic N) is 4. The van der Waals surface area contributed by atoms with Crippen LogP contribution >= 0.6 is 8.53 Å². The number of aliphatic hydroxyl groups excluding tert-OH is 1. The molecule has 4 aliphatic rings. The zero-order valence-electron chi connectivity index (χ0n) is 66.7. The van der Waals surface area contributed by atoms with Gasteiger partial charge in [-0.1, -0.05) is 140 Å². The van der Waals surface area contributed by atoms with Gasteiger partial charge in [-0.15, -0.1) is 0 Å². The number of hydrogen-bond donors (Lipinski definition) is 7. The maximum absolute atomic E-state index is 13.9. The molecule has 4 saturated heterocycles. The van der Waals surface area contributed by atoms with Crippen LogP contribution in [-0.2, 0) is 58.0 Å². The Morgan fingerprint density at radius 3 is 1.27 bits per heavy atom. The van der Waals surface area contributed by atoms with Gasteiger partial charge in [-0.05, 0) is 122 Å². The number of ether oxygens (including phenoxy) is 8. The molecule has 4 amide bonds. The number of fused-ring (bicyclic) bond motifs is 4. The summed E-state index contributed by atoms with van der Waals surface area (Å²) in [7, 11) is 4.40. The highest BCUT2D eigenvalue weighted by Crippen LogP contribution is 2.60. The van der Waals surface area contributed by atoms with Crippen molar-refractivity contribution in [1.82, 2.24) is 45.0 Å². The minimum atomic E-state index is -5.17. The molecule has 0 radical (unpaired) electrons. The van der Waals surface area contributed by atoms with E-state index in [-0.39, 0.29) is 69.7 Å². The lowest BCUT2D eigenvalue weighted by Crippen LogP contribution is -2.49. The first-order chi connectivity index (χ1) is 57.8. The molecule has 6 aromatic carbocycles. The van der Waals surface area contributed by atoms with E-state index in [1.54, 1.807) is 28.4 Å². The minimum absolute atomic E-state index is 0. The number of aromatic nitrogens is 4. The standard InChI is InChI=1S/C47H52F3N6O10P.C38H35F3N4O9.CH4/c1-30(2)56(31(3)4)67(64-25-11-23-51)66-40-39-42(55-27-32(41(58)54-44(55)60)12-10-24-52-38(57)26-53-43(59)47(48,49)50)65-45(40,29-63-39)28-46(33-13-8-7-9-14-33,34-15-19-36(61-5)20-16-34)35-17-21-37(62-6)22-18-35;1-51-27-14-10-25(11-15-27)37(24-8-4-3-5-9-24,26-12-16-28(52-2)17-13-26)21-36-22-53-30(31(36)47)33(54-36)45-20-23(32(48)44-35(45)50)7-6-18-42-29(46)19-43-34(49)38(39,40)41;/h7-9,13-22,27,30-31,39-40,42H,11,24-26,28-29H2,1-6H3,(H,52,57)(H,53,59)(H,54,58,60);3-5,8-17,20,30-31,33,47H,18-19,21-22H2,1-2H3,(H,42,46)(H,43,49)(H,44,48,50);1H4/t39?,40-,42-,45+,67?;30?,31-,33-,36+;/m11./s1. The van der Waals surface area contributed by atoms with E-state index >= 15 is 0 Å². The average Bonchev–Trinajstić information content (AvgIpc) is 1.43. The summed E-state index contributed by atoms with van der Waals surface area (Å²) in [5.74, 6) is 6.25. The first-order valence-electron chi connectivity index (χ1n) is 37.9. The number of nitriles is 1. The molecule has 6 heterocycles. The lowest BCUT2D eigenvalue weighted by atomic mass is 9.63. The van der Waals surface area contributed by atoms with Crippen LogP contribution < -0.4 is 62.7 Å². The molecule has 4 fully saturated rings. The molecule has 36 heteroatoms. The fourth-order valence-corrected chi connectivity index (χ4v) is 17.1. The lowest BCUT2D eigenvalue weighted by molar-refractivity contribution is -0.180. The predicted octanol–water partition coefficient (Wildman–Crippen LogP) is 8.24. The van der Waals surface area contributed by atoms with Crippen LogP contribution in [0.2, 0.25) is 0 Å². The third kappa shape index (κ3) is 20.3. The Morgan fingerprint density at radius 2 is 0.902 bits per heavy atom. The Bertz CT molecular complexity index is 5320. The third-order valence-electron chi connectivity index (χ3n) is 20.9. The number of benzene rings is 6. The van der Waals surface area contributed by atoms with E-state index in [1.807, 2.05) is 185 Å². The molecule has 8 aromatic rings. The zero-order valence-corrected chi connectivity index (χ0v) is 67.5. The number of halogens is 6. The largest absolute Gasteiger partial charge is 0.497 e. The van der Waals surface area contributed by atoms with Crippen LogP contribution in [0.4, 0.5) is 26.3 Å². The summed E-state index contributed by atoms with van der Waals surface area (Å²) in [6.07, 6.45) is -14.2. The molecule has 29 nitrogen and oxygen atoms in total. The van der Waals surface area contributed by atoms with Gasteiger partial charge < -0.3 is 73.3 Å². The molecule has 4 bridgehead atoms. The van der Waals surface area contributed by atoms with E-state index in [4.69, 9.17) is 46.9 Å². The second-order valence-corrected chi connectivity index (χ2v) is 30.4. The number of rotatable bonds is 30. The second-order valence-electron chi connectivity index (χ2n) is 29.0. The number of amides is 4. The van der Waals surface area contributed by atoms with Gasteiger partial charge in [0.2, 0.25) is 11.8 Å². The molecule has 3 unspecified atom stereocenters. The van der Waals surface area contributed by atoms with Crippen molar-refractivity contribution in [2.45, 2.75) is 138 Å². The summed E-state index contributed by atoms with van der Waals surface area (Å²) in [5.41, 5.74) is -3.35. The molecular formula is C86H91F6N10O19P. The van der Waals surface area contributed by atoms with E-state index < -0.39 is 152 Å². The highest BCUT2D eigenvalue weighted by Gasteiger charge is 2.68. The fourth-order valence-electron chi connectivity index (χ4n) is 15.3. The molecule has 12 rings (SSSR count). The lowest BCUT2D eigenvalue weighted by Gasteiger charge is -2.44. The monoisotopic (exact) mass is 1710 g/mol. The topological polar surface area (TPSA) is 366 Å². The maximum atomic E-state index is 13.9. The smallest absolute Gasteiger partial charge is 0.471 e. The molecule has 7 N–H and O–H groups in total. The number of carbonyl (C=O) groups excluding carboxylic acids is 4. The summed E-state index contributed by atoms with van der Waals surface area (Å²) < 4.78 is 141. The molecular weight excluding hydrogens is 1620 g/mol. The number of nitrogens with one attached hydrogen (secondary N) is 6. The molecule has 646 valence electrons. The van der Waals surface area contributed by atoms with Gasteiger partial charge in [0.05, 0.1) is 86.9 Å². The summed E-state index contributed by atoms with van der Waals surface area (Å²) in [4.78, 5) is 103. The van der Waals surface area contributed by atoms with Crippen LogP contribution in [-0.4, -0.2) is 187 Å². The van der Waals surface area contributed by atoms with Gasteiger partial charge in [-0.25, -0.2) is 14.3 Å². The minimum Gasteiger partial charge on any atom is -0.497 e. The summed E-state index contributed by atoms with van der Waals surface area (Å²) >= 11 is 0. The van der Waals surface area contributed by atoms with Crippen molar-refractivity contribution in [1.29, 1.82) is 5.26 Å². The van der Waals surface area contributed by atoms with Crippen LogP contribution in [0.3, 0.4) is 0 Å². The molecule has 4 aliphatic heterocycles. The zero-order chi connectivity index (χ0) is 87.2. The van der Waals surface area contributed by atoms with Crippen LogP contribution in [0.15, 0.2) is 189 Å². The molecule has 0 spiro atoms. The number of aliphatic hydroxyl groups is 1. The number of alkyl halides is 6. The number of methoxy groups -OCH3 is 4. The Hall–Kier alpha value is -11.9. The Labute approximate surface area is 698 Å². The molecule has 122 heavy (non-hydrogen) atoms. The van der Waals surface area contributed by atoms with Gasteiger partial charge in [-0.2, -0.15) is 31.6 Å². The van der Waals surface area contributed by atoms with Crippen molar-refractivity contribution in [3.05, 3.63) is 256 Å². The van der Waals surface area contributed by atoms with Crippen molar-refractivity contribution in [3.63, 3.8) is 0 Å². The molecule has 0 saturated carbocycles. The van der Waals surface area contributed by atoms with Gasteiger partial charge in [-0.3, -0.25) is 47.9 Å².